The minimum atomic E-state index is -0.244. The van der Waals surface area contributed by atoms with Gasteiger partial charge in [-0.25, -0.2) is 0 Å². The minimum absolute atomic E-state index is 0.000225. The molecule has 1 aliphatic rings. The Morgan fingerprint density at radius 2 is 2.04 bits per heavy atom. The Morgan fingerprint density at radius 1 is 1.21 bits per heavy atom. The second-order valence-corrected chi connectivity index (χ2v) is 7.31. The molecule has 0 spiro atoms. The Bertz CT molecular complexity index is 840. The summed E-state index contributed by atoms with van der Waals surface area (Å²) in [4.78, 5) is 26.8. The maximum Gasteiger partial charge on any atom is 0.276 e. The average Bonchev–Trinajstić information content (AvgIpc) is 3.33. The molecule has 1 unspecified atom stereocenters. The van der Waals surface area contributed by atoms with Crippen LogP contribution in [-0.2, 0) is 9.53 Å². The number of carbonyl (C=O) groups is 2. The van der Waals surface area contributed by atoms with Crippen molar-refractivity contribution in [1.82, 2.24) is 10.1 Å². The zero-order valence-electron chi connectivity index (χ0n) is 16.7. The van der Waals surface area contributed by atoms with E-state index in [9.17, 15) is 9.59 Å². The molecule has 1 N–H and O–H groups in total. The van der Waals surface area contributed by atoms with Crippen molar-refractivity contribution >= 4 is 17.5 Å². The highest BCUT2D eigenvalue weighted by Gasteiger charge is 2.25. The van der Waals surface area contributed by atoms with Crippen LogP contribution in [0, 0.1) is 20.8 Å². The van der Waals surface area contributed by atoms with Crippen LogP contribution in [0.2, 0.25) is 0 Å². The average molecular weight is 385 g/mol. The van der Waals surface area contributed by atoms with E-state index in [4.69, 9.17) is 9.26 Å². The van der Waals surface area contributed by atoms with E-state index >= 15 is 0 Å². The number of nitrogens with zero attached hydrogens (tertiary/aromatic N) is 2. The SMILES string of the molecule is Cc1cc(C(=O)N(CCC(=O)Nc2ccc(C)c(C)c2)CC2CCCO2)no1. The van der Waals surface area contributed by atoms with Gasteiger partial charge in [-0.2, -0.15) is 0 Å². The molecule has 1 atom stereocenters. The van der Waals surface area contributed by atoms with Crippen molar-refractivity contribution in [2.75, 3.05) is 25.0 Å². The molecule has 1 aliphatic heterocycles. The molecular weight excluding hydrogens is 358 g/mol. The zero-order chi connectivity index (χ0) is 20.1. The number of benzene rings is 1. The van der Waals surface area contributed by atoms with Crippen LogP contribution in [0.4, 0.5) is 5.69 Å². The summed E-state index contributed by atoms with van der Waals surface area (Å²) in [6, 6.07) is 7.42. The monoisotopic (exact) mass is 385 g/mol. The molecule has 2 heterocycles. The van der Waals surface area contributed by atoms with Crippen molar-refractivity contribution in [3.05, 3.63) is 46.8 Å². The number of amides is 2. The van der Waals surface area contributed by atoms with Gasteiger partial charge in [0, 0.05) is 37.9 Å². The van der Waals surface area contributed by atoms with Crippen LogP contribution in [0.25, 0.3) is 0 Å². The van der Waals surface area contributed by atoms with Crippen molar-refractivity contribution in [3.8, 4) is 0 Å². The first kappa shape index (κ1) is 20.1. The van der Waals surface area contributed by atoms with E-state index in [-0.39, 0.29) is 30.0 Å². The van der Waals surface area contributed by atoms with Crippen LogP contribution >= 0.6 is 0 Å². The summed E-state index contributed by atoms with van der Waals surface area (Å²) in [6.45, 7) is 7.23. The van der Waals surface area contributed by atoms with Gasteiger partial charge in [0.05, 0.1) is 6.10 Å². The molecule has 0 aliphatic carbocycles. The fourth-order valence-electron chi connectivity index (χ4n) is 3.22. The lowest BCUT2D eigenvalue weighted by Crippen LogP contribution is -2.39. The minimum Gasteiger partial charge on any atom is -0.376 e. The fourth-order valence-corrected chi connectivity index (χ4v) is 3.22. The molecule has 3 rings (SSSR count). The molecule has 2 amide bonds. The van der Waals surface area contributed by atoms with Gasteiger partial charge >= 0.3 is 0 Å². The number of rotatable bonds is 7. The van der Waals surface area contributed by atoms with Gasteiger partial charge in [0.15, 0.2) is 5.69 Å². The first-order valence-corrected chi connectivity index (χ1v) is 9.63. The van der Waals surface area contributed by atoms with Gasteiger partial charge in [0.2, 0.25) is 5.91 Å². The third-order valence-electron chi connectivity index (χ3n) is 4.98. The van der Waals surface area contributed by atoms with Crippen LogP contribution in [0.3, 0.4) is 0 Å². The maximum atomic E-state index is 12.8. The molecule has 7 nitrogen and oxygen atoms in total. The fraction of sp³-hybridized carbons (Fsp3) is 0.476. The maximum absolute atomic E-state index is 12.8. The van der Waals surface area contributed by atoms with Gasteiger partial charge in [-0.15, -0.1) is 0 Å². The number of aromatic nitrogens is 1. The highest BCUT2D eigenvalue weighted by atomic mass is 16.5. The quantitative estimate of drug-likeness (QED) is 0.791. The molecule has 150 valence electrons. The van der Waals surface area contributed by atoms with Crippen molar-refractivity contribution in [2.24, 2.45) is 0 Å². The molecule has 28 heavy (non-hydrogen) atoms. The molecular formula is C21H27N3O4. The number of nitrogens with one attached hydrogen (secondary N) is 1. The summed E-state index contributed by atoms with van der Waals surface area (Å²) < 4.78 is 10.7. The molecule has 2 aromatic rings. The largest absolute Gasteiger partial charge is 0.376 e. The lowest BCUT2D eigenvalue weighted by atomic mass is 10.1. The van der Waals surface area contributed by atoms with E-state index in [1.165, 1.54) is 5.56 Å². The summed E-state index contributed by atoms with van der Waals surface area (Å²) in [7, 11) is 0. The normalized spacial score (nSPS) is 16.2. The number of hydrogen-bond donors (Lipinski definition) is 1. The lowest BCUT2D eigenvalue weighted by Gasteiger charge is -2.24. The Hall–Kier alpha value is -2.67. The number of hydrogen-bond acceptors (Lipinski definition) is 5. The summed E-state index contributed by atoms with van der Waals surface area (Å²) in [5, 5.41) is 6.72. The number of aryl methyl sites for hydroxylation is 3. The Balaban J connectivity index is 1.62. The molecule has 0 bridgehead atoms. The van der Waals surface area contributed by atoms with Crippen LogP contribution < -0.4 is 5.32 Å². The van der Waals surface area contributed by atoms with E-state index in [2.05, 4.69) is 10.5 Å². The summed E-state index contributed by atoms with van der Waals surface area (Å²) >= 11 is 0. The third-order valence-corrected chi connectivity index (χ3v) is 4.98. The van der Waals surface area contributed by atoms with Crippen molar-refractivity contribution < 1.29 is 18.8 Å². The zero-order valence-corrected chi connectivity index (χ0v) is 16.7. The van der Waals surface area contributed by atoms with Gasteiger partial charge in [-0.05, 0) is 56.9 Å². The van der Waals surface area contributed by atoms with Crippen LogP contribution in [0.1, 0.15) is 46.6 Å². The molecule has 1 fully saturated rings. The number of ether oxygens (including phenoxy) is 1. The standard InChI is InChI=1S/C21H27N3O4/c1-14-6-7-17(11-15(14)2)22-20(25)8-9-24(13-18-5-4-10-27-18)21(26)19-12-16(3)28-23-19/h6-7,11-12,18H,4-5,8-10,13H2,1-3H3,(H,22,25). The predicted octanol–water partition coefficient (Wildman–Crippen LogP) is 3.25. The molecule has 0 saturated carbocycles. The van der Waals surface area contributed by atoms with Crippen molar-refractivity contribution in [2.45, 2.75) is 46.1 Å². The molecule has 1 aromatic carbocycles. The highest BCUT2D eigenvalue weighted by Crippen LogP contribution is 2.17. The van der Waals surface area contributed by atoms with Crippen LogP contribution in [0.15, 0.2) is 28.8 Å². The molecule has 0 radical (unpaired) electrons. The molecule has 7 heteroatoms. The summed E-state index contributed by atoms with van der Waals surface area (Å²) in [5.41, 5.74) is 3.31. The lowest BCUT2D eigenvalue weighted by molar-refractivity contribution is -0.116. The second-order valence-electron chi connectivity index (χ2n) is 7.31. The van der Waals surface area contributed by atoms with E-state index in [1.54, 1.807) is 17.9 Å². The Morgan fingerprint density at radius 3 is 2.68 bits per heavy atom. The smallest absolute Gasteiger partial charge is 0.276 e. The Kier molecular flexibility index (Phi) is 6.46. The highest BCUT2D eigenvalue weighted by molar-refractivity contribution is 5.94. The summed E-state index contributed by atoms with van der Waals surface area (Å²) in [5.74, 6) is 0.198. The molecule has 1 aromatic heterocycles. The van der Waals surface area contributed by atoms with Gasteiger partial charge < -0.3 is 19.5 Å². The van der Waals surface area contributed by atoms with Crippen LogP contribution in [0.5, 0.6) is 0 Å². The molecule has 1 saturated heterocycles. The van der Waals surface area contributed by atoms with Gasteiger partial charge in [-0.3, -0.25) is 9.59 Å². The predicted molar refractivity (Wildman–Crippen MR) is 105 cm³/mol. The third kappa shape index (κ3) is 5.19. The van der Waals surface area contributed by atoms with Crippen molar-refractivity contribution in [1.29, 1.82) is 0 Å². The van der Waals surface area contributed by atoms with Crippen LogP contribution in [-0.4, -0.2) is 47.7 Å². The Labute approximate surface area is 165 Å². The number of anilines is 1. The topological polar surface area (TPSA) is 84.7 Å². The summed E-state index contributed by atoms with van der Waals surface area (Å²) in [6.07, 6.45) is 2.10. The first-order chi connectivity index (χ1) is 13.4. The second kappa shape index (κ2) is 9.01. The van der Waals surface area contributed by atoms with E-state index in [0.29, 0.717) is 25.5 Å². The van der Waals surface area contributed by atoms with E-state index < -0.39 is 0 Å². The van der Waals surface area contributed by atoms with Gasteiger partial charge in [0.1, 0.15) is 5.76 Å². The van der Waals surface area contributed by atoms with Gasteiger partial charge in [-0.1, -0.05) is 11.2 Å². The van der Waals surface area contributed by atoms with E-state index in [0.717, 1.165) is 24.1 Å². The van der Waals surface area contributed by atoms with Gasteiger partial charge in [0.25, 0.3) is 5.91 Å². The van der Waals surface area contributed by atoms with E-state index in [1.807, 2.05) is 32.0 Å². The number of carbonyl (C=O) groups excluding carboxylic acids is 2. The van der Waals surface area contributed by atoms with Crippen molar-refractivity contribution in [3.63, 3.8) is 0 Å². The first-order valence-electron chi connectivity index (χ1n) is 9.63.